The van der Waals surface area contributed by atoms with Crippen molar-refractivity contribution in [3.8, 4) is 0 Å². The lowest BCUT2D eigenvalue weighted by Gasteiger charge is -2.19. The molecule has 2 nitrogen and oxygen atoms in total. The highest BCUT2D eigenvalue weighted by molar-refractivity contribution is 4.78. The molecule has 0 aromatic carbocycles. The maximum absolute atomic E-state index is 3.69. The van der Waals surface area contributed by atoms with E-state index in [1.165, 1.54) is 51.7 Å². The second-order valence-corrected chi connectivity index (χ2v) is 4.54. The predicted octanol–water partition coefficient (Wildman–Crippen LogP) is 2.15. The van der Waals surface area contributed by atoms with Crippen LogP contribution in [0.3, 0.4) is 0 Å². The van der Waals surface area contributed by atoms with Gasteiger partial charge in [0.2, 0.25) is 0 Å². The Morgan fingerprint density at radius 2 is 2.00 bits per heavy atom. The van der Waals surface area contributed by atoms with Crippen LogP contribution in [-0.4, -0.2) is 25.7 Å². The zero-order chi connectivity index (χ0) is 10.2. The Balaban J connectivity index is 2.10. The Morgan fingerprint density at radius 1 is 1.29 bits per heavy atom. The van der Waals surface area contributed by atoms with Gasteiger partial charge in [-0.3, -0.25) is 0 Å². The molecule has 0 radical (unpaired) electrons. The summed E-state index contributed by atoms with van der Waals surface area (Å²) in [7, 11) is 0. The van der Waals surface area contributed by atoms with Gasteiger partial charge in [0.25, 0.3) is 0 Å². The Labute approximate surface area is 88.8 Å². The van der Waals surface area contributed by atoms with Crippen LogP contribution in [0.25, 0.3) is 0 Å². The first-order valence-electron chi connectivity index (χ1n) is 6.30. The van der Waals surface area contributed by atoms with E-state index in [2.05, 4.69) is 24.5 Å². The zero-order valence-electron chi connectivity index (χ0n) is 9.81. The van der Waals surface area contributed by atoms with Crippen LogP contribution >= 0.6 is 0 Å². The normalized spacial score (nSPS) is 22.1. The molecule has 0 aromatic heterocycles. The van der Waals surface area contributed by atoms with Gasteiger partial charge in [-0.1, -0.05) is 26.7 Å². The maximum Gasteiger partial charge on any atom is 0.0204 e. The summed E-state index contributed by atoms with van der Waals surface area (Å²) in [6.45, 7) is 8.18. The van der Waals surface area contributed by atoms with Gasteiger partial charge in [0.05, 0.1) is 0 Å². The first kappa shape index (κ1) is 12.0. The van der Waals surface area contributed by atoms with Crippen molar-refractivity contribution in [2.45, 2.75) is 52.0 Å². The van der Waals surface area contributed by atoms with E-state index in [1.807, 2.05) is 0 Å². The number of hydrogen-bond acceptors (Lipinski definition) is 2. The molecule has 0 aromatic rings. The van der Waals surface area contributed by atoms with Gasteiger partial charge in [-0.05, 0) is 38.3 Å². The molecular formula is C12H26N2. The van der Waals surface area contributed by atoms with Crippen LogP contribution in [-0.2, 0) is 0 Å². The molecule has 1 heterocycles. The minimum absolute atomic E-state index is 0.742. The molecule has 0 bridgehead atoms. The summed E-state index contributed by atoms with van der Waals surface area (Å²) in [5.41, 5.74) is 0. The summed E-state index contributed by atoms with van der Waals surface area (Å²) in [5, 5.41) is 7.09. The Morgan fingerprint density at radius 3 is 2.50 bits per heavy atom. The number of hydrogen-bond donors (Lipinski definition) is 2. The van der Waals surface area contributed by atoms with Crippen molar-refractivity contribution < 1.29 is 0 Å². The molecule has 1 aliphatic heterocycles. The van der Waals surface area contributed by atoms with Crippen molar-refractivity contribution in [3.05, 3.63) is 0 Å². The molecule has 1 saturated heterocycles. The van der Waals surface area contributed by atoms with E-state index in [0.29, 0.717) is 0 Å². The second kappa shape index (κ2) is 7.24. The molecule has 2 heteroatoms. The molecule has 14 heavy (non-hydrogen) atoms. The molecular weight excluding hydrogens is 172 g/mol. The molecule has 1 unspecified atom stereocenters. The average Bonchev–Trinajstić information content (AvgIpc) is 2.67. The molecule has 0 saturated carbocycles. The smallest absolute Gasteiger partial charge is 0.0204 e. The monoisotopic (exact) mass is 198 g/mol. The topological polar surface area (TPSA) is 24.1 Å². The minimum Gasteiger partial charge on any atom is -0.315 e. The van der Waals surface area contributed by atoms with Crippen LogP contribution in [0.4, 0.5) is 0 Å². The lowest BCUT2D eigenvalue weighted by atomic mass is 9.98. The van der Waals surface area contributed by atoms with E-state index in [9.17, 15) is 0 Å². The highest BCUT2D eigenvalue weighted by Gasteiger charge is 2.15. The van der Waals surface area contributed by atoms with Gasteiger partial charge >= 0.3 is 0 Å². The third-order valence-corrected chi connectivity index (χ3v) is 3.15. The SMILES string of the molecule is CCCC(CCC)CNC1CCNC1. The van der Waals surface area contributed by atoms with Crippen LogP contribution in [0.1, 0.15) is 46.0 Å². The van der Waals surface area contributed by atoms with Gasteiger partial charge in [-0.15, -0.1) is 0 Å². The van der Waals surface area contributed by atoms with E-state index in [4.69, 9.17) is 0 Å². The third-order valence-electron chi connectivity index (χ3n) is 3.15. The fourth-order valence-corrected chi connectivity index (χ4v) is 2.33. The summed E-state index contributed by atoms with van der Waals surface area (Å²) in [4.78, 5) is 0. The summed E-state index contributed by atoms with van der Waals surface area (Å²) < 4.78 is 0. The Bertz CT molecular complexity index is 124. The molecule has 1 aliphatic rings. The summed E-state index contributed by atoms with van der Waals surface area (Å²) in [6, 6.07) is 0.742. The molecule has 0 amide bonds. The fourth-order valence-electron chi connectivity index (χ4n) is 2.33. The van der Waals surface area contributed by atoms with Crippen LogP contribution in [0.2, 0.25) is 0 Å². The van der Waals surface area contributed by atoms with E-state index in [-0.39, 0.29) is 0 Å². The van der Waals surface area contributed by atoms with Crippen molar-refractivity contribution in [1.82, 2.24) is 10.6 Å². The van der Waals surface area contributed by atoms with Gasteiger partial charge in [0.1, 0.15) is 0 Å². The maximum atomic E-state index is 3.69. The predicted molar refractivity (Wildman–Crippen MR) is 62.6 cm³/mol. The largest absolute Gasteiger partial charge is 0.315 e. The molecule has 2 N–H and O–H groups in total. The van der Waals surface area contributed by atoms with Gasteiger partial charge in [0, 0.05) is 12.6 Å². The fraction of sp³-hybridized carbons (Fsp3) is 1.00. The molecule has 0 spiro atoms. The lowest BCUT2D eigenvalue weighted by molar-refractivity contribution is 0.387. The van der Waals surface area contributed by atoms with Gasteiger partial charge in [-0.2, -0.15) is 0 Å². The lowest BCUT2D eigenvalue weighted by Crippen LogP contribution is -2.34. The highest BCUT2D eigenvalue weighted by atomic mass is 15.0. The summed E-state index contributed by atoms with van der Waals surface area (Å²) in [5.74, 6) is 0.908. The standard InChI is InChI=1S/C12H26N2/c1-3-5-11(6-4-2)9-14-12-7-8-13-10-12/h11-14H,3-10H2,1-2H3. The van der Waals surface area contributed by atoms with E-state index in [1.54, 1.807) is 0 Å². The molecule has 1 fully saturated rings. The Kier molecular flexibility index (Phi) is 6.20. The molecule has 84 valence electrons. The van der Waals surface area contributed by atoms with Crippen LogP contribution in [0.15, 0.2) is 0 Å². The van der Waals surface area contributed by atoms with Crippen molar-refractivity contribution >= 4 is 0 Å². The zero-order valence-corrected chi connectivity index (χ0v) is 9.81. The first-order valence-corrected chi connectivity index (χ1v) is 6.30. The summed E-state index contributed by atoms with van der Waals surface area (Å²) in [6.07, 6.45) is 6.75. The average molecular weight is 198 g/mol. The second-order valence-electron chi connectivity index (χ2n) is 4.54. The van der Waals surface area contributed by atoms with E-state index in [0.717, 1.165) is 12.0 Å². The van der Waals surface area contributed by atoms with Crippen molar-refractivity contribution in [2.24, 2.45) is 5.92 Å². The van der Waals surface area contributed by atoms with E-state index >= 15 is 0 Å². The van der Waals surface area contributed by atoms with Crippen molar-refractivity contribution in [2.75, 3.05) is 19.6 Å². The molecule has 0 aliphatic carbocycles. The van der Waals surface area contributed by atoms with Crippen molar-refractivity contribution in [3.63, 3.8) is 0 Å². The number of rotatable bonds is 7. The summed E-state index contributed by atoms with van der Waals surface area (Å²) >= 11 is 0. The van der Waals surface area contributed by atoms with Crippen LogP contribution in [0.5, 0.6) is 0 Å². The van der Waals surface area contributed by atoms with Gasteiger partial charge in [0.15, 0.2) is 0 Å². The van der Waals surface area contributed by atoms with Crippen molar-refractivity contribution in [1.29, 1.82) is 0 Å². The number of nitrogens with one attached hydrogen (secondary N) is 2. The minimum atomic E-state index is 0.742. The first-order chi connectivity index (χ1) is 6.86. The quantitative estimate of drug-likeness (QED) is 0.655. The van der Waals surface area contributed by atoms with Crippen LogP contribution in [0, 0.1) is 5.92 Å². The highest BCUT2D eigenvalue weighted by Crippen LogP contribution is 2.12. The third kappa shape index (κ3) is 4.43. The Hall–Kier alpha value is -0.0800. The molecule has 1 atom stereocenters. The van der Waals surface area contributed by atoms with Gasteiger partial charge in [-0.25, -0.2) is 0 Å². The van der Waals surface area contributed by atoms with Gasteiger partial charge < -0.3 is 10.6 Å². The van der Waals surface area contributed by atoms with Crippen LogP contribution < -0.4 is 10.6 Å². The molecule has 1 rings (SSSR count). The van der Waals surface area contributed by atoms with E-state index < -0.39 is 0 Å².